The summed E-state index contributed by atoms with van der Waals surface area (Å²) in [5, 5.41) is 0. The maximum atomic E-state index is 6.11. The zero-order chi connectivity index (χ0) is 13.3. The van der Waals surface area contributed by atoms with Crippen LogP contribution < -0.4 is 15.4 Å². The number of rotatable bonds is 5. The van der Waals surface area contributed by atoms with E-state index in [0.717, 1.165) is 17.2 Å². The first-order valence-electron chi connectivity index (χ1n) is 6.71. The number of methoxy groups -OCH3 is 1. The predicted molar refractivity (Wildman–Crippen MR) is 76.2 cm³/mol. The van der Waals surface area contributed by atoms with E-state index < -0.39 is 0 Å². The van der Waals surface area contributed by atoms with E-state index in [4.69, 9.17) is 10.5 Å². The lowest BCUT2D eigenvalue weighted by molar-refractivity contribution is 0.406. The number of nitrogens with zero attached hydrogens (tertiary/aromatic N) is 1. The zero-order valence-electron chi connectivity index (χ0n) is 11.8. The molecule has 1 unspecified atom stereocenters. The second-order valence-electron chi connectivity index (χ2n) is 5.37. The Labute approximate surface area is 110 Å². The highest BCUT2D eigenvalue weighted by Gasteiger charge is 2.31. The van der Waals surface area contributed by atoms with E-state index in [1.807, 2.05) is 19.1 Å². The Balaban J connectivity index is 2.36. The highest BCUT2D eigenvalue weighted by atomic mass is 16.5. The molecule has 0 amide bonds. The maximum absolute atomic E-state index is 6.11. The number of ether oxygens (including phenoxy) is 1. The number of hydrogen-bond donors (Lipinski definition) is 1. The summed E-state index contributed by atoms with van der Waals surface area (Å²) in [5.41, 5.74) is 8.42. The van der Waals surface area contributed by atoms with Crippen molar-refractivity contribution in [1.29, 1.82) is 0 Å². The fraction of sp³-hybridized carbons (Fsp3) is 0.600. The van der Waals surface area contributed by atoms with Crippen LogP contribution in [0.1, 0.15) is 38.3 Å². The van der Waals surface area contributed by atoms with Crippen LogP contribution in [0.3, 0.4) is 0 Å². The first-order valence-corrected chi connectivity index (χ1v) is 6.71. The Morgan fingerprint density at radius 3 is 2.50 bits per heavy atom. The number of nitrogens with two attached hydrogens (primary N) is 1. The standard InChI is InChI=1S/C15H24N2O/c1-10(16)15-13(6-5-7-14(15)18-4)17(3)11(2)12-8-9-12/h5-7,10-12H,8-9,16H2,1-4H3/t10-,11?/m0/s1. The molecule has 100 valence electrons. The largest absolute Gasteiger partial charge is 0.496 e. The molecule has 2 rings (SSSR count). The lowest BCUT2D eigenvalue weighted by Crippen LogP contribution is -2.32. The van der Waals surface area contributed by atoms with Crippen molar-refractivity contribution in [3.63, 3.8) is 0 Å². The van der Waals surface area contributed by atoms with Crippen LogP contribution in [0, 0.1) is 5.92 Å². The van der Waals surface area contributed by atoms with Gasteiger partial charge in [0.1, 0.15) is 5.75 Å². The topological polar surface area (TPSA) is 38.5 Å². The third-order valence-electron chi connectivity index (χ3n) is 4.01. The summed E-state index contributed by atoms with van der Waals surface area (Å²) in [6.45, 7) is 4.30. The van der Waals surface area contributed by atoms with Gasteiger partial charge in [0.05, 0.1) is 7.11 Å². The minimum atomic E-state index is -0.0231. The van der Waals surface area contributed by atoms with Crippen molar-refractivity contribution >= 4 is 5.69 Å². The molecule has 3 heteroatoms. The second-order valence-corrected chi connectivity index (χ2v) is 5.37. The molecule has 0 spiro atoms. The molecule has 1 aromatic rings. The third kappa shape index (κ3) is 2.46. The molecule has 1 aliphatic rings. The van der Waals surface area contributed by atoms with E-state index >= 15 is 0 Å². The normalized spacial score (nSPS) is 18.3. The van der Waals surface area contributed by atoms with Gasteiger partial charge < -0.3 is 15.4 Å². The Kier molecular flexibility index (Phi) is 3.81. The minimum absolute atomic E-state index is 0.0231. The molecule has 1 saturated carbocycles. The van der Waals surface area contributed by atoms with Crippen LogP contribution in [0.25, 0.3) is 0 Å². The molecule has 0 radical (unpaired) electrons. The molecule has 2 atom stereocenters. The molecule has 1 aromatic carbocycles. The molecule has 0 aliphatic heterocycles. The van der Waals surface area contributed by atoms with Gasteiger partial charge in [0.15, 0.2) is 0 Å². The van der Waals surface area contributed by atoms with Crippen molar-refractivity contribution in [2.75, 3.05) is 19.1 Å². The van der Waals surface area contributed by atoms with E-state index in [-0.39, 0.29) is 6.04 Å². The first-order chi connectivity index (χ1) is 8.56. The SMILES string of the molecule is COc1cccc(N(C)C(C)C2CC2)c1[C@H](C)N. The summed E-state index contributed by atoms with van der Waals surface area (Å²) in [4.78, 5) is 2.35. The maximum Gasteiger partial charge on any atom is 0.125 e. The van der Waals surface area contributed by atoms with Crippen LogP contribution in [0.15, 0.2) is 18.2 Å². The monoisotopic (exact) mass is 248 g/mol. The molecule has 1 fully saturated rings. The fourth-order valence-electron chi connectivity index (χ4n) is 2.59. The van der Waals surface area contributed by atoms with Crippen molar-refractivity contribution in [3.05, 3.63) is 23.8 Å². The van der Waals surface area contributed by atoms with Gasteiger partial charge in [0.2, 0.25) is 0 Å². The lowest BCUT2D eigenvalue weighted by atomic mass is 10.0. The molecule has 18 heavy (non-hydrogen) atoms. The summed E-state index contributed by atoms with van der Waals surface area (Å²) in [5.74, 6) is 1.72. The molecule has 0 aromatic heterocycles. The van der Waals surface area contributed by atoms with Gasteiger partial charge in [-0.1, -0.05) is 6.07 Å². The van der Waals surface area contributed by atoms with Gasteiger partial charge in [0.25, 0.3) is 0 Å². The highest BCUT2D eigenvalue weighted by molar-refractivity contribution is 5.61. The molecule has 0 saturated heterocycles. The van der Waals surface area contributed by atoms with Gasteiger partial charge in [-0.05, 0) is 44.7 Å². The smallest absolute Gasteiger partial charge is 0.125 e. The Morgan fingerprint density at radius 1 is 1.33 bits per heavy atom. The van der Waals surface area contributed by atoms with E-state index in [1.165, 1.54) is 18.5 Å². The lowest BCUT2D eigenvalue weighted by Gasteiger charge is -2.30. The van der Waals surface area contributed by atoms with Gasteiger partial charge in [-0.25, -0.2) is 0 Å². The second kappa shape index (κ2) is 5.19. The summed E-state index contributed by atoms with van der Waals surface area (Å²) < 4.78 is 5.45. The molecular formula is C15H24N2O. The van der Waals surface area contributed by atoms with Crippen molar-refractivity contribution < 1.29 is 4.74 Å². The van der Waals surface area contributed by atoms with Crippen molar-refractivity contribution in [3.8, 4) is 5.75 Å². The van der Waals surface area contributed by atoms with E-state index in [2.05, 4.69) is 24.9 Å². The van der Waals surface area contributed by atoms with E-state index in [9.17, 15) is 0 Å². The molecule has 3 nitrogen and oxygen atoms in total. The van der Waals surface area contributed by atoms with E-state index in [0.29, 0.717) is 6.04 Å². The van der Waals surface area contributed by atoms with Gasteiger partial charge in [-0.3, -0.25) is 0 Å². The quantitative estimate of drug-likeness (QED) is 0.870. The minimum Gasteiger partial charge on any atom is -0.496 e. The van der Waals surface area contributed by atoms with Gasteiger partial charge in [-0.2, -0.15) is 0 Å². The van der Waals surface area contributed by atoms with Crippen LogP contribution in [0.4, 0.5) is 5.69 Å². The summed E-state index contributed by atoms with van der Waals surface area (Å²) in [7, 11) is 3.86. The average Bonchev–Trinajstić information content (AvgIpc) is 3.20. The van der Waals surface area contributed by atoms with Crippen LogP contribution >= 0.6 is 0 Å². The van der Waals surface area contributed by atoms with E-state index in [1.54, 1.807) is 7.11 Å². The first kappa shape index (κ1) is 13.2. The summed E-state index contributed by atoms with van der Waals surface area (Å²) in [6, 6.07) is 6.70. The fourth-order valence-corrected chi connectivity index (χ4v) is 2.59. The Hall–Kier alpha value is -1.22. The molecule has 1 aliphatic carbocycles. The zero-order valence-corrected chi connectivity index (χ0v) is 11.8. The van der Waals surface area contributed by atoms with Gasteiger partial charge in [-0.15, -0.1) is 0 Å². The van der Waals surface area contributed by atoms with Crippen LogP contribution in [0.2, 0.25) is 0 Å². The summed E-state index contributed by atoms with van der Waals surface area (Å²) >= 11 is 0. The van der Waals surface area contributed by atoms with Crippen molar-refractivity contribution in [2.24, 2.45) is 11.7 Å². The Bertz CT molecular complexity index is 413. The van der Waals surface area contributed by atoms with Crippen LogP contribution in [0.5, 0.6) is 5.75 Å². The number of benzene rings is 1. The number of anilines is 1. The Morgan fingerprint density at radius 2 is 2.00 bits per heavy atom. The van der Waals surface area contributed by atoms with Gasteiger partial charge >= 0.3 is 0 Å². The van der Waals surface area contributed by atoms with Crippen molar-refractivity contribution in [1.82, 2.24) is 0 Å². The molecule has 0 heterocycles. The van der Waals surface area contributed by atoms with Crippen LogP contribution in [-0.4, -0.2) is 20.2 Å². The van der Waals surface area contributed by atoms with Crippen molar-refractivity contribution in [2.45, 2.75) is 38.8 Å². The highest BCUT2D eigenvalue weighted by Crippen LogP contribution is 2.39. The molecule has 2 N–H and O–H groups in total. The molecule has 0 bridgehead atoms. The number of hydrogen-bond acceptors (Lipinski definition) is 3. The predicted octanol–water partition coefficient (Wildman–Crippen LogP) is 2.95. The average molecular weight is 248 g/mol. The molecular weight excluding hydrogens is 224 g/mol. The van der Waals surface area contributed by atoms with Crippen LogP contribution in [-0.2, 0) is 0 Å². The summed E-state index contributed by atoms with van der Waals surface area (Å²) in [6.07, 6.45) is 2.70. The van der Waals surface area contributed by atoms with Gasteiger partial charge in [0, 0.05) is 30.4 Å². The third-order valence-corrected chi connectivity index (χ3v) is 4.01.